The first-order valence-corrected chi connectivity index (χ1v) is 34.1. The third kappa shape index (κ3) is 61.6. The number of unbranched alkanes of at least 4 members (excludes halogenated alkanes) is 55. The Morgan fingerprint density at radius 1 is 0.315 bits per heavy atom. The molecular weight excluding hydrogens is 891 g/mol. The van der Waals surface area contributed by atoms with Crippen LogP contribution in [0.2, 0.25) is 0 Å². The Hall–Kier alpha value is -1.13. The smallest absolute Gasteiger partial charge is 0.220 e. The summed E-state index contributed by atoms with van der Waals surface area (Å²) in [5, 5.41) is 23.2. The number of hydrogen-bond acceptors (Lipinski definition) is 3. The van der Waals surface area contributed by atoms with Gasteiger partial charge in [-0.2, -0.15) is 0 Å². The zero-order valence-corrected chi connectivity index (χ0v) is 50.2. The largest absolute Gasteiger partial charge is 0.394 e. The van der Waals surface area contributed by atoms with Gasteiger partial charge in [0.2, 0.25) is 5.91 Å². The zero-order valence-electron chi connectivity index (χ0n) is 50.2. The first kappa shape index (κ1) is 71.9. The Morgan fingerprint density at radius 2 is 0.534 bits per heavy atom. The Morgan fingerprint density at radius 3 is 0.795 bits per heavy atom. The van der Waals surface area contributed by atoms with E-state index in [1.165, 1.54) is 340 Å². The SMILES string of the molecule is CCCCCCCCCCCCCCCCCCCCC/C=C/CC/C=C/C(O)C(CO)NC(=O)CCCCCCCCCCCCCCCCCCCCCCCCCCCCCCCCCCCCCC. The number of aliphatic hydroxyl groups is 2. The van der Waals surface area contributed by atoms with Crippen LogP contribution in [0.4, 0.5) is 0 Å². The van der Waals surface area contributed by atoms with E-state index in [0.717, 1.165) is 32.1 Å². The third-order valence-electron chi connectivity index (χ3n) is 16.2. The fourth-order valence-electron chi connectivity index (χ4n) is 11.0. The normalized spacial score (nSPS) is 12.8. The summed E-state index contributed by atoms with van der Waals surface area (Å²) in [6.07, 6.45) is 88.4. The van der Waals surface area contributed by atoms with Crippen LogP contribution >= 0.6 is 0 Å². The van der Waals surface area contributed by atoms with Crippen LogP contribution in [-0.2, 0) is 4.79 Å². The lowest BCUT2D eigenvalue weighted by molar-refractivity contribution is -0.123. The maximum atomic E-state index is 12.5. The quantitative estimate of drug-likeness (QED) is 0.0420. The molecule has 0 aliphatic carbocycles. The Kier molecular flexibility index (Phi) is 64.1. The van der Waals surface area contributed by atoms with Crippen LogP contribution in [0.3, 0.4) is 0 Å². The minimum atomic E-state index is -0.861. The first-order chi connectivity index (χ1) is 36.2. The van der Waals surface area contributed by atoms with Crippen molar-refractivity contribution < 1.29 is 15.0 Å². The summed E-state index contributed by atoms with van der Waals surface area (Å²) in [5.41, 5.74) is 0. The third-order valence-corrected chi connectivity index (χ3v) is 16.2. The first-order valence-electron chi connectivity index (χ1n) is 34.1. The summed E-state index contributed by atoms with van der Waals surface area (Å²) in [5.74, 6) is -0.0644. The van der Waals surface area contributed by atoms with E-state index in [9.17, 15) is 15.0 Å². The fraction of sp³-hybridized carbons (Fsp3) is 0.928. The summed E-state index contributed by atoms with van der Waals surface area (Å²) < 4.78 is 0. The van der Waals surface area contributed by atoms with Crippen molar-refractivity contribution in [3.05, 3.63) is 24.3 Å². The van der Waals surface area contributed by atoms with Gasteiger partial charge in [0.05, 0.1) is 18.8 Å². The molecule has 2 unspecified atom stereocenters. The maximum Gasteiger partial charge on any atom is 0.220 e. The molecule has 0 saturated heterocycles. The Labute approximate surface area is 459 Å². The monoisotopic (exact) mass is 1030 g/mol. The van der Waals surface area contributed by atoms with Gasteiger partial charge in [0.1, 0.15) is 0 Å². The van der Waals surface area contributed by atoms with Crippen LogP contribution in [0, 0.1) is 0 Å². The van der Waals surface area contributed by atoms with E-state index in [4.69, 9.17) is 0 Å². The molecule has 0 heterocycles. The Bertz CT molecular complexity index is 1070. The van der Waals surface area contributed by atoms with E-state index < -0.39 is 12.1 Å². The van der Waals surface area contributed by atoms with Crippen LogP contribution in [0.1, 0.15) is 393 Å². The fourth-order valence-corrected chi connectivity index (χ4v) is 11.0. The number of carbonyl (C=O) groups excluding carboxylic acids is 1. The van der Waals surface area contributed by atoms with Crippen molar-refractivity contribution in [1.29, 1.82) is 0 Å². The van der Waals surface area contributed by atoms with E-state index in [-0.39, 0.29) is 12.5 Å². The van der Waals surface area contributed by atoms with E-state index in [0.29, 0.717) is 6.42 Å². The molecular formula is C69H135NO3. The van der Waals surface area contributed by atoms with E-state index in [2.05, 4.69) is 31.3 Å². The lowest BCUT2D eigenvalue weighted by atomic mass is 10.0. The standard InChI is InChI=1S/C69H135NO3/c1-3-5-7-9-11-13-15-17-19-21-23-25-27-29-30-31-32-33-34-35-36-37-38-39-41-43-45-47-49-51-53-55-57-59-61-63-65-69(73)70-67(66-71)68(72)64-62-60-58-56-54-52-50-48-46-44-42-40-28-26-24-22-20-18-16-14-12-10-8-6-4-2/h54,56,62,64,67-68,71-72H,3-53,55,57-61,63,65-66H2,1-2H3,(H,70,73)/b56-54+,64-62+. The van der Waals surface area contributed by atoms with Crippen LogP contribution in [-0.4, -0.2) is 34.9 Å². The van der Waals surface area contributed by atoms with Gasteiger partial charge in [-0.15, -0.1) is 0 Å². The van der Waals surface area contributed by atoms with E-state index >= 15 is 0 Å². The van der Waals surface area contributed by atoms with Gasteiger partial charge in [0.15, 0.2) is 0 Å². The molecule has 4 nitrogen and oxygen atoms in total. The maximum absolute atomic E-state index is 12.5. The van der Waals surface area contributed by atoms with Crippen LogP contribution in [0.25, 0.3) is 0 Å². The molecule has 0 rings (SSSR count). The molecule has 2 atom stereocenters. The average molecular weight is 1030 g/mol. The van der Waals surface area contributed by atoms with Gasteiger partial charge in [0.25, 0.3) is 0 Å². The van der Waals surface area contributed by atoms with E-state index in [1.807, 2.05) is 6.08 Å². The van der Waals surface area contributed by atoms with Crippen molar-refractivity contribution >= 4 is 5.91 Å². The van der Waals surface area contributed by atoms with Crippen molar-refractivity contribution in [2.24, 2.45) is 0 Å². The number of carbonyl (C=O) groups is 1. The number of amides is 1. The predicted molar refractivity (Wildman–Crippen MR) is 327 cm³/mol. The number of hydrogen-bond donors (Lipinski definition) is 3. The highest BCUT2D eigenvalue weighted by Crippen LogP contribution is 2.19. The highest BCUT2D eigenvalue weighted by Gasteiger charge is 2.18. The molecule has 0 aliphatic rings. The molecule has 0 spiro atoms. The van der Waals surface area contributed by atoms with Gasteiger partial charge in [0, 0.05) is 6.42 Å². The van der Waals surface area contributed by atoms with Gasteiger partial charge >= 0.3 is 0 Å². The zero-order chi connectivity index (χ0) is 52.7. The predicted octanol–water partition coefficient (Wildman–Crippen LogP) is 23.0. The molecule has 0 radical (unpaired) electrons. The molecule has 1 amide bonds. The minimum absolute atomic E-state index is 0.0644. The molecule has 0 fully saturated rings. The van der Waals surface area contributed by atoms with Crippen molar-refractivity contribution in [3.8, 4) is 0 Å². The lowest BCUT2D eigenvalue weighted by Gasteiger charge is -2.19. The van der Waals surface area contributed by atoms with Crippen molar-refractivity contribution in [2.45, 2.75) is 405 Å². The molecule has 0 aromatic rings. The van der Waals surface area contributed by atoms with Crippen molar-refractivity contribution in [3.63, 3.8) is 0 Å². The highest BCUT2D eigenvalue weighted by atomic mass is 16.3. The average Bonchev–Trinajstić information content (AvgIpc) is 3.40. The summed E-state index contributed by atoms with van der Waals surface area (Å²) >= 11 is 0. The second-order valence-electron chi connectivity index (χ2n) is 23.6. The summed E-state index contributed by atoms with van der Waals surface area (Å²) in [6.45, 7) is 4.35. The molecule has 0 aliphatic heterocycles. The molecule has 0 bridgehead atoms. The van der Waals surface area contributed by atoms with Gasteiger partial charge < -0.3 is 15.5 Å². The summed E-state index contributed by atoms with van der Waals surface area (Å²) in [6, 6.07) is -0.637. The second kappa shape index (κ2) is 65.2. The topological polar surface area (TPSA) is 69.6 Å². The highest BCUT2D eigenvalue weighted by molar-refractivity contribution is 5.76. The number of allylic oxidation sites excluding steroid dienone is 3. The van der Waals surface area contributed by atoms with Crippen LogP contribution in [0.15, 0.2) is 24.3 Å². The van der Waals surface area contributed by atoms with Crippen molar-refractivity contribution in [1.82, 2.24) is 5.32 Å². The number of aliphatic hydroxyl groups excluding tert-OH is 2. The van der Waals surface area contributed by atoms with Gasteiger partial charge in [-0.25, -0.2) is 0 Å². The molecule has 4 heteroatoms. The number of rotatable bonds is 64. The number of nitrogens with one attached hydrogen (secondary N) is 1. The minimum Gasteiger partial charge on any atom is -0.394 e. The van der Waals surface area contributed by atoms with Crippen LogP contribution < -0.4 is 5.32 Å². The van der Waals surface area contributed by atoms with Crippen molar-refractivity contribution in [2.75, 3.05) is 6.61 Å². The second-order valence-corrected chi connectivity index (χ2v) is 23.6. The molecule has 0 aromatic carbocycles. The molecule has 0 saturated carbocycles. The summed E-state index contributed by atoms with van der Waals surface area (Å²) in [7, 11) is 0. The lowest BCUT2D eigenvalue weighted by Crippen LogP contribution is -2.45. The van der Waals surface area contributed by atoms with Gasteiger partial charge in [-0.3, -0.25) is 4.79 Å². The van der Waals surface area contributed by atoms with Crippen LogP contribution in [0.5, 0.6) is 0 Å². The Balaban J connectivity index is 3.41. The van der Waals surface area contributed by atoms with Gasteiger partial charge in [-0.05, 0) is 32.1 Å². The molecule has 3 N–H and O–H groups in total. The molecule has 0 aromatic heterocycles. The summed E-state index contributed by atoms with van der Waals surface area (Å²) in [4.78, 5) is 12.5. The van der Waals surface area contributed by atoms with E-state index in [1.54, 1.807) is 6.08 Å². The molecule has 73 heavy (non-hydrogen) atoms. The van der Waals surface area contributed by atoms with Gasteiger partial charge in [-0.1, -0.05) is 378 Å². The molecule has 434 valence electrons.